The predicted octanol–water partition coefficient (Wildman–Crippen LogP) is -0.998. The predicted molar refractivity (Wildman–Crippen MR) is 59.9 cm³/mol. The van der Waals surface area contributed by atoms with Crippen LogP contribution >= 0.6 is 11.6 Å². The van der Waals surface area contributed by atoms with Crippen LogP contribution in [0.4, 0.5) is 0 Å². The topological polar surface area (TPSA) is 43.4 Å². The van der Waals surface area contributed by atoms with Gasteiger partial charge >= 0.3 is 31.3 Å². The van der Waals surface area contributed by atoms with E-state index in [4.69, 9.17) is 15.8 Å². The first-order chi connectivity index (χ1) is 7.51. The molecule has 0 radical (unpaired) electrons. The number of rotatable bonds is 5. The van der Waals surface area contributed by atoms with E-state index < -0.39 is 31.3 Å². The van der Waals surface area contributed by atoms with Crippen molar-refractivity contribution in [2.45, 2.75) is 0 Å². The van der Waals surface area contributed by atoms with Crippen LogP contribution in [0.3, 0.4) is 0 Å². The lowest BCUT2D eigenvalue weighted by molar-refractivity contribution is -0.558. The second-order valence-corrected chi connectivity index (χ2v) is 7.23. The van der Waals surface area contributed by atoms with Crippen LogP contribution in [0, 0.1) is 3.57 Å². The fraction of sp³-hybridized carbons (Fsp3) is 0.200. The van der Waals surface area contributed by atoms with Crippen molar-refractivity contribution in [2.24, 2.45) is 0 Å². The molecule has 0 aliphatic heterocycles. The molecule has 88 valence electrons. The fourth-order valence-electron chi connectivity index (χ4n) is 0.875. The number of halogens is 2. The van der Waals surface area contributed by atoms with Gasteiger partial charge in [0.15, 0.2) is 13.4 Å². The summed E-state index contributed by atoms with van der Waals surface area (Å²) < 4.78 is 29.5. The van der Waals surface area contributed by atoms with E-state index in [1.807, 2.05) is 30.3 Å². The minimum atomic E-state index is -3.47. The van der Waals surface area contributed by atoms with Crippen LogP contribution in [0.1, 0.15) is 0 Å². The van der Waals surface area contributed by atoms with Crippen molar-refractivity contribution in [1.29, 1.82) is 0 Å². The first-order valence-corrected chi connectivity index (χ1v) is 9.02. The Morgan fingerprint density at radius 2 is 2.06 bits per heavy atom. The van der Waals surface area contributed by atoms with Crippen LogP contribution in [0.5, 0.6) is 0 Å². The summed E-state index contributed by atoms with van der Waals surface area (Å²) in [6.07, 6.45) is 1.01. The highest BCUT2D eigenvalue weighted by molar-refractivity contribution is 7.86. The quantitative estimate of drug-likeness (QED) is 0.288. The Bertz CT molecular complexity index is 456. The Morgan fingerprint density at radius 3 is 2.56 bits per heavy atom. The summed E-state index contributed by atoms with van der Waals surface area (Å²) in [6, 6.07) is 9.82. The number of allylic oxidation sites excluding steroid dienone is 1. The number of alkyl halides is 1. The maximum atomic E-state index is 10.9. The molecule has 0 saturated carbocycles. The van der Waals surface area contributed by atoms with Crippen LogP contribution in [-0.2, 0) is 14.3 Å². The SMILES string of the molecule is CS(=O)(=O)O/C(=C/[I+]c1ccccc1)CCl. The van der Waals surface area contributed by atoms with Gasteiger partial charge in [-0.2, -0.15) is 8.42 Å². The Balaban J connectivity index is 2.68. The molecule has 0 fully saturated rings. The third-order valence-corrected chi connectivity index (χ3v) is 4.65. The lowest BCUT2D eigenvalue weighted by atomic mass is 10.4. The molecule has 0 N–H and O–H groups in total. The molecule has 0 aromatic heterocycles. The second-order valence-electron chi connectivity index (χ2n) is 2.90. The lowest BCUT2D eigenvalue weighted by Crippen LogP contribution is -3.59. The van der Waals surface area contributed by atoms with Crippen LogP contribution in [0.25, 0.3) is 0 Å². The highest BCUT2D eigenvalue weighted by atomic mass is 127. The van der Waals surface area contributed by atoms with Gasteiger partial charge in [0.2, 0.25) is 0 Å². The van der Waals surface area contributed by atoms with Crippen LogP contribution in [-0.4, -0.2) is 20.6 Å². The van der Waals surface area contributed by atoms with Crippen molar-refractivity contribution in [3.05, 3.63) is 43.7 Å². The number of benzene rings is 1. The maximum absolute atomic E-state index is 10.9. The lowest BCUT2D eigenvalue weighted by Gasteiger charge is -2.00. The molecule has 0 bridgehead atoms. The molecule has 0 atom stereocenters. The number of hydrogen-bond donors (Lipinski definition) is 0. The summed E-state index contributed by atoms with van der Waals surface area (Å²) in [5, 5.41) is 0. The van der Waals surface area contributed by atoms with Crippen molar-refractivity contribution in [3.8, 4) is 0 Å². The molecule has 6 heteroatoms. The standard InChI is InChI=1S/C10H11ClIO3S/c1-16(13,14)15-10(7-11)8-12-9-5-3-2-4-6-9/h2-6,8H,7H2,1H3/q+1/b10-8+. The van der Waals surface area contributed by atoms with Crippen molar-refractivity contribution >= 4 is 21.7 Å². The van der Waals surface area contributed by atoms with Gasteiger partial charge in [-0.25, -0.2) is 0 Å². The molecule has 16 heavy (non-hydrogen) atoms. The average Bonchev–Trinajstić information content (AvgIpc) is 2.24. The molecule has 0 saturated heterocycles. The van der Waals surface area contributed by atoms with E-state index in [1.54, 1.807) is 4.08 Å². The third-order valence-electron chi connectivity index (χ3n) is 1.43. The molecule has 0 heterocycles. The average molecular weight is 374 g/mol. The van der Waals surface area contributed by atoms with E-state index in [2.05, 4.69) is 0 Å². The van der Waals surface area contributed by atoms with Crippen molar-refractivity contribution in [3.63, 3.8) is 0 Å². The molecular formula is C10H11ClIO3S+. The summed E-state index contributed by atoms with van der Waals surface area (Å²) in [6.45, 7) is 0. The van der Waals surface area contributed by atoms with Crippen LogP contribution in [0.2, 0.25) is 0 Å². The van der Waals surface area contributed by atoms with Gasteiger partial charge in [0.1, 0.15) is 0 Å². The van der Waals surface area contributed by atoms with Crippen molar-refractivity contribution < 1.29 is 33.8 Å². The van der Waals surface area contributed by atoms with Gasteiger partial charge in [0.05, 0.1) is 12.1 Å². The molecule has 0 spiro atoms. The minimum Gasteiger partial charge on any atom is -0.382 e. The molecule has 0 aliphatic carbocycles. The molecule has 0 amide bonds. The van der Waals surface area contributed by atoms with E-state index in [0.717, 1.165) is 6.26 Å². The Morgan fingerprint density at radius 1 is 1.44 bits per heavy atom. The zero-order chi connectivity index (χ0) is 12.0. The highest BCUT2D eigenvalue weighted by Crippen LogP contribution is 2.01. The van der Waals surface area contributed by atoms with E-state index in [1.165, 1.54) is 3.57 Å². The summed E-state index contributed by atoms with van der Waals surface area (Å²) in [5.41, 5.74) is 0. The second kappa shape index (κ2) is 6.46. The van der Waals surface area contributed by atoms with Gasteiger partial charge in [0, 0.05) is 0 Å². The van der Waals surface area contributed by atoms with Gasteiger partial charge in [0.25, 0.3) is 0 Å². The third kappa shape index (κ3) is 5.72. The Labute approximate surface area is 111 Å². The number of hydrogen-bond acceptors (Lipinski definition) is 3. The van der Waals surface area contributed by atoms with E-state index >= 15 is 0 Å². The fourth-order valence-corrected chi connectivity index (χ4v) is 3.89. The smallest absolute Gasteiger partial charge is 0.353 e. The zero-order valence-corrected chi connectivity index (χ0v) is 12.3. The molecule has 0 unspecified atom stereocenters. The summed E-state index contributed by atoms with van der Waals surface area (Å²) in [4.78, 5) is 0. The van der Waals surface area contributed by atoms with Crippen molar-refractivity contribution in [2.75, 3.05) is 12.1 Å². The molecule has 1 aromatic rings. The largest absolute Gasteiger partial charge is 0.382 e. The summed E-state index contributed by atoms with van der Waals surface area (Å²) in [5.74, 6) is 0.375. The Kier molecular flexibility index (Phi) is 5.57. The van der Waals surface area contributed by atoms with Gasteiger partial charge in [-0.15, -0.1) is 11.6 Å². The molecule has 0 aliphatic rings. The molecule has 3 nitrogen and oxygen atoms in total. The zero-order valence-electron chi connectivity index (χ0n) is 8.56. The Hall–Kier alpha value is -0.270. The van der Waals surface area contributed by atoms with E-state index in [0.29, 0.717) is 5.76 Å². The van der Waals surface area contributed by atoms with E-state index in [-0.39, 0.29) is 5.88 Å². The summed E-state index contributed by atoms with van der Waals surface area (Å²) >= 11 is 5.19. The molecule has 1 aromatic carbocycles. The van der Waals surface area contributed by atoms with E-state index in [9.17, 15) is 8.42 Å². The van der Waals surface area contributed by atoms with Crippen molar-refractivity contribution in [1.82, 2.24) is 0 Å². The maximum Gasteiger partial charge on any atom is 0.353 e. The highest BCUT2D eigenvalue weighted by Gasteiger charge is 2.14. The van der Waals surface area contributed by atoms with Crippen LogP contribution < -0.4 is 21.2 Å². The minimum absolute atomic E-state index is 0.0691. The summed E-state index contributed by atoms with van der Waals surface area (Å²) in [7, 11) is -3.47. The first-order valence-electron chi connectivity index (χ1n) is 4.34. The van der Waals surface area contributed by atoms with Gasteiger partial charge in [-0.3, -0.25) is 0 Å². The van der Waals surface area contributed by atoms with Gasteiger partial charge in [-0.1, -0.05) is 18.2 Å². The van der Waals surface area contributed by atoms with Crippen LogP contribution in [0.15, 0.2) is 40.2 Å². The molecule has 1 rings (SSSR count). The normalized spacial score (nSPS) is 12.5. The van der Waals surface area contributed by atoms with Gasteiger partial charge in [-0.05, 0) is 12.1 Å². The monoisotopic (exact) mass is 373 g/mol. The first kappa shape index (κ1) is 13.8. The molecular weight excluding hydrogens is 363 g/mol. The van der Waals surface area contributed by atoms with Gasteiger partial charge < -0.3 is 4.18 Å².